The molecule has 94 valence electrons. The SMILES string of the molecule is O=C(NC1CCCCCCC1)c1csc(Br)c1. The molecule has 0 atom stereocenters. The lowest BCUT2D eigenvalue weighted by Gasteiger charge is -2.20. The Balaban J connectivity index is 1.88. The first kappa shape index (κ1) is 13.1. The van der Waals surface area contributed by atoms with E-state index in [9.17, 15) is 4.79 Å². The molecule has 17 heavy (non-hydrogen) atoms. The second kappa shape index (κ2) is 6.55. The largest absolute Gasteiger partial charge is 0.349 e. The van der Waals surface area contributed by atoms with Crippen LogP contribution in [-0.4, -0.2) is 11.9 Å². The van der Waals surface area contributed by atoms with Crippen molar-refractivity contribution in [1.29, 1.82) is 0 Å². The summed E-state index contributed by atoms with van der Waals surface area (Å²) in [4.78, 5) is 12.0. The smallest absolute Gasteiger partial charge is 0.252 e. The zero-order chi connectivity index (χ0) is 12.1. The van der Waals surface area contributed by atoms with Gasteiger partial charge in [-0.1, -0.05) is 32.1 Å². The molecule has 2 nitrogen and oxygen atoms in total. The van der Waals surface area contributed by atoms with Gasteiger partial charge < -0.3 is 5.32 Å². The number of nitrogens with one attached hydrogen (secondary N) is 1. The molecule has 0 saturated heterocycles. The fourth-order valence-electron chi connectivity index (χ4n) is 2.30. The lowest BCUT2D eigenvalue weighted by atomic mass is 9.96. The second-order valence-corrected chi connectivity index (χ2v) is 6.95. The minimum atomic E-state index is 0.0810. The average molecular weight is 316 g/mol. The molecule has 2 rings (SSSR count). The molecular weight excluding hydrogens is 298 g/mol. The fourth-order valence-corrected chi connectivity index (χ4v) is 3.43. The normalized spacial score (nSPS) is 18.4. The van der Waals surface area contributed by atoms with Gasteiger partial charge in [0.15, 0.2) is 0 Å². The van der Waals surface area contributed by atoms with Crippen molar-refractivity contribution in [3.05, 3.63) is 20.8 Å². The monoisotopic (exact) mass is 315 g/mol. The van der Waals surface area contributed by atoms with Crippen molar-refractivity contribution in [3.63, 3.8) is 0 Å². The van der Waals surface area contributed by atoms with E-state index >= 15 is 0 Å². The van der Waals surface area contributed by atoms with Crippen LogP contribution in [0.3, 0.4) is 0 Å². The lowest BCUT2D eigenvalue weighted by Crippen LogP contribution is -2.35. The molecule has 1 amide bonds. The number of rotatable bonds is 2. The number of amides is 1. The molecule has 0 aliphatic heterocycles. The predicted octanol–water partition coefficient (Wildman–Crippen LogP) is 4.35. The molecule has 1 aliphatic carbocycles. The Morgan fingerprint density at radius 2 is 1.88 bits per heavy atom. The highest BCUT2D eigenvalue weighted by Crippen LogP contribution is 2.22. The Bertz CT molecular complexity index is 369. The average Bonchev–Trinajstić information content (AvgIpc) is 2.68. The second-order valence-electron chi connectivity index (χ2n) is 4.65. The minimum absolute atomic E-state index is 0.0810. The van der Waals surface area contributed by atoms with E-state index < -0.39 is 0 Å². The van der Waals surface area contributed by atoms with E-state index in [1.54, 1.807) is 11.3 Å². The lowest BCUT2D eigenvalue weighted by molar-refractivity contribution is 0.0931. The van der Waals surface area contributed by atoms with Gasteiger partial charge >= 0.3 is 0 Å². The van der Waals surface area contributed by atoms with Gasteiger partial charge in [0, 0.05) is 11.4 Å². The first-order chi connectivity index (χ1) is 8.25. The van der Waals surface area contributed by atoms with Gasteiger partial charge in [0.25, 0.3) is 5.91 Å². The summed E-state index contributed by atoms with van der Waals surface area (Å²) >= 11 is 4.95. The third-order valence-electron chi connectivity index (χ3n) is 3.27. The van der Waals surface area contributed by atoms with Crippen molar-refractivity contribution in [2.45, 2.75) is 51.0 Å². The van der Waals surface area contributed by atoms with Gasteiger partial charge in [-0.15, -0.1) is 11.3 Å². The summed E-state index contributed by atoms with van der Waals surface area (Å²) in [6, 6.07) is 2.27. The van der Waals surface area contributed by atoms with Gasteiger partial charge in [-0.05, 0) is 34.8 Å². The third kappa shape index (κ3) is 4.11. The maximum atomic E-state index is 12.0. The highest BCUT2D eigenvalue weighted by molar-refractivity contribution is 9.11. The van der Waals surface area contributed by atoms with E-state index in [0.29, 0.717) is 6.04 Å². The molecule has 4 heteroatoms. The summed E-state index contributed by atoms with van der Waals surface area (Å²) in [7, 11) is 0. The van der Waals surface area contributed by atoms with Crippen LogP contribution in [0.15, 0.2) is 15.2 Å². The van der Waals surface area contributed by atoms with Crippen LogP contribution in [0.4, 0.5) is 0 Å². The Labute approximate surface area is 115 Å². The molecule has 1 aliphatic rings. The van der Waals surface area contributed by atoms with Crippen LogP contribution < -0.4 is 5.32 Å². The Kier molecular flexibility index (Phi) is 5.04. The molecule has 0 aromatic carbocycles. The fraction of sp³-hybridized carbons (Fsp3) is 0.615. The highest BCUT2D eigenvalue weighted by atomic mass is 79.9. The topological polar surface area (TPSA) is 29.1 Å². The summed E-state index contributed by atoms with van der Waals surface area (Å²) in [5.41, 5.74) is 0.781. The Morgan fingerprint density at radius 1 is 1.24 bits per heavy atom. The molecule has 1 saturated carbocycles. The zero-order valence-electron chi connectivity index (χ0n) is 9.88. The number of carbonyl (C=O) groups is 1. The molecule has 1 aromatic rings. The van der Waals surface area contributed by atoms with Gasteiger partial charge in [0.05, 0.1) is 9.35 Å². The summed E-state index contributed by atoms with van der Waals surface area (Å²) in [5, 5.41) is 5.07. The van der Waals surface area contributed by atoms with Gasteiger partial charge in [-0.25, -0.2) is 0 Å². The van der Waals surface area contributed by atoms with Crippen LogP contribution >= 0.6 is 27.3 Å². The van der Waals surface area contributed by atoms with E-state index in [4.69, 9.17) is 0 Å². The maximum Gasteiger partial charge on any atom is 0.252 e. The van der Waals surface area contributed by atoms with Crippen molar-refractivity contribution >= 4 is 33.2 Å². The molecular formula is C13H18BrNOS. The van der Waals surface area contributed by atoms with Gasteiger partial charge in [0.1, 0.15) is 0 Å². The van der Waals surface area contributed by atoms with Gasteiger partial charge in [0.2, 0.25) is 0 Å². The summed E-state index contributed by atoms with van der Waals surface area (Å²) in [6.45, 7) is 0. The standard InChI is InChI=1S/C13H18BrNOS/c14-12-8-10(9-17-12)13(16)15-11-6-4-2-1-3-5-7-11/h8-9,11H,1-7H2,(H,15,16). The number of halogens is 1. The molecule has 1 fully saturated rings. The van der Waals surface area contributed by atoms with Crippen LogP contribution in [-0.2, 0) is 0 Å². The van der Waals surface area contributed by atoms with Crippen molar-refractivity contribution in [2.75, 3.05) is 0 Å². The van der Waals surface area contributed by atoms with E-state index in [1.165, 1.54) is 32.1 Å². The van der Waals surface area contributed by atoms with Crippen molar-refractivity contribution in [2.24, 2.45) is 0 Å². The molecule has 0 bridgehead atoms. The minimum Gasteiger partial charge on any atom is -0.349 e. The van der Waals surface area contributed by atoms with E-state index in [0.717, 1.165) is 22.2 Å². The zero-order valence-corrected chi connectivity index (χ0v) is 12.3. The van der Waals surface area contributed by atoms with Gasteiger partial charge in [-0.2, -0.15) is 0 Å². The van der Waals surface area contributed by atoms with Crippen LogP contribution in [0.5, 0.6) is 0 Å². The first-order valence-corrected chi connectivity index (χ1v) is 7.98. The van der Waals surface area contributed by atoms with E-state index in [2.05, 4.69) is 21.2 Å². The van der Waals surface area contributed by atoms with Crippen molar-refractivity contribution in [1.82, 2.24) is 5.32 Å². The van der Waals surface area contributed by atoms with Crippen molar-refractivity contribution < 1.29 is 4.79 Å². The molecule has 1 N–H and O–H groups in total. The van der Waals surface area contributed by atoms with Crippen molar-refractivity contribution in [3.8, 4) is 0 Å². The summed E-state index contributed by atoms with van der Waals surface area (Å²) in [6.07, 6.45) is 8.76. The van der Waals surface area contributed by atoms with Crippen LogP contribution in [0.25, 0.3) is 0 Å². The van der Waals surface area contributed by atoms with Crippen LogP contribution in [0.2, 0.25) is 0 Å². The van der Waals surface area contributed by atoms with E-state index in [-0.39, 0.29) is 5.91 Å². The van der Waals surface area contributed by atoms with Gasteiger partial charge in [-0.3, -0.25) is 4.79 Å². The first-order valence-electron chi connectivity index (χ1n) is 6.30. The number of hydrogen-bond donors (Lipinski definition) is 1. The number of hydrogen-bond acceptors (Lipinski definition) is 2. The highest BCUT2D eigenvalue weighted by Gasteiger charge is 2.15. The Hall–Kier alpha value is -0.350. The molecule has 1 heterocycles. The summed E-state index contributed by atoms with van der Waals surface area (Å²) in [5.74, 6) is 0.0810. The number of thiophene rings is 1. The van der Waals surface area contributed by atoms with E-state index in [1.807, 2.05) is 11.4 Å². The molecule has 0 unspecified atom stereocenters. The molecule has 0 radical (unpaired) electrons. The molecule has 0 spiro atoms. The third-order valence-corrected chi connectivity index (χ3v) is 4.77. The Morgan fingerprint density at radius 3 is 2.47 bits per heavy atom. The van der Waals surface area contributed by atoms with Crippen LogP contribution in [0, 0.1) is 0 Å². The number of carbonyl (C=O) groups excluding carboxylic acids is 1. The quantitative estimate of drug-likeness (QED) is 0.863. The predicted molar refractivity (Wildman–Crippen MR) is 75.6 cm³/mol. The maximum absolute atomic E-state index is 12.0. The summed E-state index contributed by atoms with van der Waals surface area (Å²) < 4.78 is 1.01. The molecule has 1 aromatic heterocycles. The van der Waals surface area contributed by atoms with Crippen LogP contribution in [0.1, 0.15) is 55.3 Å².